The van der Waals surface area contributed by atoms with E-state index in [9.17, 15) is 22.0 Å². The van der Waals surface area contributed by atoms with Crippen molar-refractivity contribution in [1.82, 2.24) is 0 Å². The maximum absolute atomic E-state index is 14.7. The van der Waals surface area contributed by atoms with E-state index in [1.165, 1.54) is 6.07 Å². The average molecular weight is 453 g/mol. The summed E-state index contributed by atoms with van der Waals surface area (Å²) in [6, 6.07) is 8.37. The van der Waals surface area contributed by atoms with Crippen LogP contribution >= 0.6 is 0 Å². The minimum absolute atomic E-state index is 0.229. The highest BCUT2D eigenvalue weighted by Gasteiger charge is 2.33. The molecule has 0 unspecified atom stereocenters. The van der Waals surface area contributed by atoms with Gasteiger partial charge in [0.15, 0.2) is 0 Å². The van der Waals surface area contributed by atoms with Gasteiger partial charge in [-0.2, -0.15) is 13.2 Å². The van der Waals surface area contributed by atoms with Crippen molar-refractivity contribution in [3.8, 4) is 0 Å². The molecule has 2 aromatic carbocycles. The molecule has 3 rings (SSSR count). The molecule has 0 spiro atoms. The third-order valence-corrected chi connectivity index (χ3v) is 6.39. The number of methoxy groups -OCH3 is 1. The molecular formula is C26H29F5O. The van der Waals surface area contributed by atoms with E-state index in [1.807, 2.05) is 12.1 Å². The van der Waals surface area contributed by atoms with Gasteiger partial charge < -0.3 is 4.74 Å². The Morgan fingerprint density at radius 2 is 1.72 bits per heavy atom. The van der Waals surface area contributed by atoms with E-state index in [0.29, 0.717) is 41.4 Å². The number of halogens is 5. The van der Waals surface area contributed by atoms with Crippen LogP contribution in [0.4, 0.5) is 22.0 Å². The van der Waals surface area contributed by atoms with Gasteiger partial charge in [0, 0.05) is 13.7 Å². The van der Waals surface area contributed by atoms with Crippen LogP contribution in [0.3, 0.4) is 0 Å². The van der Waals surface area contributed by atoms with Crippen LogP contribution in [0.25, 0.3) is 5.57 Å². The summed E-state index contributed by atoms with van der Waals surface area (Å²) >= 11 is 0. The molecular weight excluding hydrogens is 423 g/mol. The second kappa shape index (κ2) is 10.6. The zero-order chi connectivity index (χ0) is 23.3. The molecule has 2 aromatic rings. The van der Waals surface area contributed by atoms with Gasteiger partial charge in [-0.1, -0.05) is 24.3 Å². The molecule has 1 fully saturated rings. The summed E-state index contributed by atoms with van der Waals surface area (Å²) in [7, 11) is 1.72. The molecule has 1 saturated carbocycles. The van der Waals surface area contributed by atoms with Crippen molar-refractivity contribution in [3.63, 3.8) is 0 Å². The Hall–Kier alpha value is -2.21. The maximum Gasteiger partial charge on any atom is 0.419 e. The van der Waals surface area contributed by atoms with Crippen molar-refractivity contribution in [2.75, 3.05) is 13.7 Å². The Bertz CT molecular complexity index is 940. The molecule has 0 saturated heterocycles. The van der Waals surface area contributed by atoms with Gasteiger partial charge in [-0.15, -0.1) is 0 Å². The SMILES string of the molecule is COCC1CCC(c2ccc(CC/C=C(\C)c3ccc(C(F)(F)F)c(F)c3)c(F)c2)CC1. The summed E-state index contributed by atoms with van der Waals surface area (Å²) < 4.78 is 71.8. The molecule has 0 radical (unpaired) electrons. The molecule has 0 heterocycles. The first-order chi connectivity index (χ1) is 15.2. The number of ether oxygens (including phenoxy) is 1. The molecule has 1 aliphatic carbocycles. The van der Waals surface area contributed by atoms with E-state index in [2.05, 4.69) is 0 Å². The first-order valence-corrected chi connectivity index (χ1v) is 11.0. The highest BCUT2D eigenvalue weighted by Crippen LogP contribution is 2.36. The van der Waals surface area contributed by atoms with Crippen molar-refractivity contribution in [2.24, 2.45) is 5.92 Å². The van der Waals surface area contributed by atoms with E-state index in [4.69, 9.17) is 4.74 Å². The summed E-state index contributed by atoms with van der Waals surface area (Å²) in [6.07, 6.45) is 2.32. The Kier molecular flexibility index (Phi) is 8.10. The number of aryl methyl sites for hydroxylation is 1. The lowest BCUT2D eigenvalue weighted by atomic mass is 9.79. The highest BCUT2D eigenvalue weighted by molar-refractivity contribution is 5.64. The minimum atomic E-state index is -4.72. The van der Waals surface area contributed by atoms with Crippen molar-refractivity contribution in [1.29, 1.82) is 0 Å². The molecule has 174 valence electrons. The standard InChI is InChI=1S/C26H29F5O/c1-17(21-12-13-23(25(28)14-21)26(29,30)31)4-3-5-20-10-11-22(15-24(20)27)19-8-6-18(7-9-19)16-32-2/h4,10-15,18-19H,3,5-9,16H2,1-2H3/b17-4+. The Morgan fingerprint density at radius 3 is 2.31 bits per heavy atom. The second-order valence-electron chi connectivity index (χ2n) is 8.64. The summed E-state index contributed by atoms with van der Waals surface area (Å²) in [5, 5.41) is 0. The molecule has 0 amide bonds. The molecule has 6 heteroatoms. The van der Waals surface area contributed by atoms with Crippen molar-refractivity contribution < 1.29 is 26.7 Å². The third-order valence-electron chi connectivity index (χ3n) is 6.39. The summed E-state index contributed by atoms with van der Waals surface area (Å²) in [6.45, 7) is 2.49. The van der Waals surface area contributed by atoms with Crippen LogP contribution in [-0.4, -0.2) is 13.7 Å². The number of benzene rings is 2. The summed E-state index contributed by atoms with van der Waals surface area (Å²) in [5.41, 5.74) is 1.40. The molecule has 0 atom stereocenters. The van der Waals surface area contributed by atoms with Crippen LogP contribution in [0.15, 0.2) is 42.5 Å². The fourth-order valence-electron chi connectivity index (χ4n) is 4.47. The quantitative estimate of drug-likeness (QED) is 0.388. The van der Waals surface area contributed by atoms with Crippen LogP contribution < -0.4 is 0 Å². The zero-order valence-electron chi connectivity index (χ0n) is 18.4. The van der Waals surface area contributed by atoms with E-state index < -0.39 is 17.6 Å². The van der Waals surface area contributed by atoms with Gasteiger partial charge in [0.25, 0.3) is 0 Å². The molecule has 1 aliphatic rings. The van der Waals surface area contributed by atoms with Crippen LogP contribution in [0.2, 0.25) is 0 Å². The topological polar surface area (TPSA) is 9.23 Å². The lowest BCUT2D eigenvalue weighted by molar-refractivity contribution is -0.140. The van der Waals surface area contributed by atoms with E-state index in [0.717, 1.165) is 50.0 Å². The summed E-state index contributed by atoms with van der Waals surface area (Å²) in [4.78, 5) is 0. The fraction of sp³-hybridized carbons (Fsp3) is 0.462. The molecule has 0 aromatic heterocycles. The molecule has 0 N–H and O–H groups in total. The highest BCUT2D eigenvalue weighted by atomic mass is 19.4. The van der Waals surface area contributed by atoms with Crippen LogP contribution in [-0.2, 0) is 17.3 Å². The molecule has 0 aliphatic heterocycles. The van der Waals surface area contributed by atoms with Gasteiger partial charge in [-0.25, -0.2) is 8.78 Å². The van der Waals surface area contributed by atoms with Gasteiger partial charge in [0.1, 0.15) is 11.6 Å². The predicted octanol–water partition coefficient (Wildman–Crippen LogP) is 7.94. The molecule has 32 heavy (non-hydrogen) atoms. The van der Waals surface area contributed by atoms with E-state index >= 15 is 0 Å². The van der Waals surface area contributed by atoms with Crippen molar-refractivity contribution >= 4 is 5.57 Å². The number of hydrogen-bond acceptors (Lipinski definition) is 1. The lowest BCUT2D eigenvalue weighted by Gasteiger charge is -2.28. The fourth-order valence-corrected chi connectivity index (χ4v) is 4.47. The van der Waals surface area contributed by atoms with Crippen LogP contribution in [0.1, 0.15) is 67.2 Å². The van der Waals surface area contributed by atoms with Crippen molar-refractivity contribution in [2.45, 2.75) is 57.5 Å². The van der Waals surface area contributed by atoms with Gasteiger partial charge in [0.05, 0.1) is 5.56 Å². The molecule has 0 bridgehead atoms. The smallest absolute Gasteiger partial charge is 0.384 e. The van der Waals surface area contributed by atoms with E-state index in [-0.39, 0.29) is 5.82 Å². The number of hydrogen-bond donors (Lipinski definition) is 0. The predicted molar refractivity (Wildman–Crippen MR) is 116 cm³/mol. The monoisotopic (exact) mass is 452 g/mol. The third kappa shape index (κ3) is 6.18. The van der Waals surface area contributed by atoms with Crippen LogP contribution in [0, 0.1) is 17.6 Å². The molecule has 1 nitrogen and oxygen atoms in total. The van der Waals surface area contributed by atoms with Crippen LogP contribution in [0.5, 0.6) is 0 Å². The average Bonchev–Trinajstić information content (AvgIpc) is 2.74. The zero-order valence-corrected chi connectivity index (χ0v) is 18.4. The van der Waals surface area contributed by atoms with Gasteiger partial charge in [0.2, 0.25) is 0 Å². The Balaban J connectivity index is 1.59. The maximum atomic E-state index is 14.7. The normalized spacial score (nSPS) is 19.9. The van der Waals surface area contributed by atoms with E-state index in [1.54, 1.807) is 26.2 Å². The summed E-state index contributed by atoms with van der Waals surface area (Å²) in [5.74, 6) is -0.550. The van der Waals surface area contributed by atoms with Gasteiger partial charge in [-0.05, 0) is 97.7 Å². The van der Waals surface area contributed by atoms with Gasteiger partial charge in [-0.3, -0.25) is 0 Å². The number of rotatable bonds is 7. The lowest BCUT2D eigenvalue weighted by Crippen LogP contribution is -2.17. The Labute approximate surface area is 186 Å². The van der Waals surface area contributed by atoms with Crippen molar-refractivity contribution in [3.05, 3.63) is 76.4 Å². The number of allylic oxidation sites excluding steroid dienone is 2. The Morgan fingerprint density at radius 1 is 1.00 bits per heavy atom. The second-order valence-corrected chi connectivity index (χ2v) is 8.64. The largest absolute Gasteiger partial charge is 0.419 e. The first kappa shape index (κ1) is 24.4. The first-order valence-electron chi connectivity index (χ1n) is 11.0. The van der Waals surface area contributed by atoms with Gasteiger partial charge >= 0.3 is 6.18 Å². The number of alkyl halides is 3. The minimum Gasteiger partial charge on any atom is -0.384 e.